The summed E-state index contributed by atoms with van der Waals surface area (Å²) in [4.78, 5) is 24.7. The molecule has 1 aromatic heterocycles. The molecule has 0 spiro atoms. The lowest BCUT2D eigenvalue weighted by Gasteiger charge is -2.15. The zero-order valence-electron chi connectivity index (χ0n) is 13.6. The fourth-order valence-corrected chi connectivity index (χ4v) is 2.38. The molecule has 2 rings (SSSR count). The zero-order valence-corrected chi connectivity index (χ0v) is 13.6. The largest absolute Gasteiger partial charge is 0.462 e. The van der Waals surface area contributed by atoms with Crippen LogP contribution in [0, 0.1) is 11.8 Å². The van der Waals surface area contributed by atoms with E-state index in [-0.39, 0.29) is 11.5 Å². The molecule has 0 amide bonds. The molecule has 22 heavy (non-hydrogen) atoms. The van der Waals surface area contributed by atoms with Gasteiger partial charge in [0.2, 0.25) is 0 Å². The van der Waals surface area contributed by atoms with E-state index in [2.05, 4.69) is 13.8 Å². The Balaban J connectivity index is 2.53. The molecule has 2 aromatic rings. The molecule has 1 aromatic carbocycles. The second-order valence-corrected chi connectivity index (χ2v) is 6.41. The molecule has 0 aliphatic heterocycles. The minimum atomic E-state index is -0.432. The van der Waals surface area contributed by atoms with Crippen molar-refractivity contribution in [2.45, 2.75) is 34.2 Å². The van der Waals surface area contributed by atoms with Crippen LogP contribution in [0.1, 0.15) is 38.1 Å². The molecule has 118 valence electrons. The highest BCUT2D eigenvalue weighted by Gasteiger charge is 2.16. The van der Waals surface area contributed by atoms with Crippen LogP contribution < -0.4 is 5.56 Å². The summed E-state index contributed by atoms with van der Waals surface area (Å²) >= 11 is 0. The Kier molecular flexibility index (Phi) is 5.01. The minimum absolute atomic E-state index is 0.163. The number of nitrogens with zero attached hydrogens (tertiary/aromatic N) is 1. The van der Waals surface area contributed by atoms with Crippen LogP contribution in [0.2, 0.25) is 0 Å². The van der Waals surface area contributed by atoms with Crippen LogP contribution in [-0.4, -0.2) is 17.1 Å². The number of ether oxygens (including phenoxy) is 1. The van der Waals surface area contributed by atoms with Gasteiger partial charge in [0.1, 0.15) is 0 Å². The highest BCUT2D eigenvalue weighted by atomic mass is 16.5. The minimum Gasteiger partial charge on any atom is -0.462 e. The summed E-state index contributed by atoms with van der Waals surface area (Å²) in [6, 6.07) is 8.87. The van der Waals surface area contributed by atoms with Crippen molar-refractivity contribution in [1.82, 2.24) is 4.57 Å². The Morgan fingerprint density at radius 3 is 2.45 bits per heavy atom. The number of fused-ring (bicyclic) bond motifs is 1. The molecule has 0 aliphatic rings. The Labute approximate surface area is 130 Å². The highest BCUT2D eigenvalue weighted by molar-refractivity contribution is 6.03. The van der Waals surface area contributed by atoms with E-state index in [1.807, 2.05) is 38.1 Å². The number of aromatic nitrogens is 1. The summed E-state index contributed by atoms with van der Waals surface area (Å²) in [5, 5.41) is 0.761. The fraction of sp³-hybridized carbons (Fsp3) is 0.444. The molecule has 0 bridgehead atoms. The van der Waals surface area contributed by atoms with E-state index in [0.717, 1.165) is 10.9 Å². The van der Waals surface area contributed by atoms with Gasteiger partial charge in [-0.05, 0) is 17.9 Å². The Morgan fingerprint density at radius 1 is 1.14 bits per heavy atom. The van der Waals surface area contributed by atoms with E-state index < -0.39 is 5.97 Å². The first-order valence-corrected chi connectivity index (χ1v) is 7.70. The molecule has 0 aliphatic carbocycles. The third-order valence-corrected chi connectivity index (χ3v) is 3.33. The monoisotopic (exact) mass is 301 g/mol. The molecule has 0 atom stereocenters. The highest BCUT2D eigenvalue weighted by Crippen LogP contribution is 2.19. The first-order valence-electron chi connectivity index (χ1n) is 7.70. The van der Waals surface area contributed by atoms with Gasteiger partial charge in [0.05, 0.1) is 17.7 Å². The number of hydrogen-bond acceptors (Lipinski definition) is 3. The van der Waals surface area contributed by atoms with E-state index in [1.54, 1.807) is 4.57 Å². The maximum absolute atomic E-state index is 12.4. The van der Waals surface area contributed by atoms with E-state index in [0.29, 0.717) is 24.6 Å². The predicted octanol–water partition coefficient (Wildman–Crippen LogP) is 3.47. The van der Waals surface area contributed by atoms with Crippen molar-refractivity contribution in [2.75, 3.05) is 6.61 Å². The van der Waals surface area contributed by atoms with E-state index in [9.17, 15) is 9.59 Å². The van der Waals surface area contributed by atoms with Gasteiger partial charge in [-0.1, -0.05) is 45.9 Å². The lowest BCUT2D eigenvalue weighted by Crippen LogP contribution is -2.24. The van der Waals surface area contributed by atoms with Gasteiger partial charge in [-0.15, -0.1) is 0 Å². The first kappa shape index (κ1) is 16.3. The van der Waals surface area contributed by atoms with Crippen LogP contribution in [0.5, 0.6) is 0 Å². The summed E-state index contributed by atoms with van der Waals surface area (Å²) in [7, 11) is 0. The summed E-state index contributed by atoms with van der Waals surface area (Å²) in [5.74, 6) is 0.176. The second-order valence-electron chi connectivity index (χ2n) is 6.41. The fourth-order valence-electron chi connectivity index (χ4n) is 2.38. The average molecular weight is 301 g/mol. The van der Waals surface area contributed by atoms with Gasteiger partial charge in [-0.2, -0.15) is 0 Å². The number of para-hydroxylation sites is 1. The summed E-state index contributed by atoms with van der Waals surface area (Å²) < 4.78 is 7.01. The summed E-state index contributed by atoms with van der Waals surface area (Å²) in [5.41, 5.74) is 0.963. The zero-order chi connectivity index (χ0) is 16.3. The number of esters is 1. The van der Waals surface area contributed by atoms with Crippen LogP contribution in [0.4, 0.5) is 0 Å². The lowest BCUT2D eigenvalue weighted by atomic mass is 10.1. The molecule has 0 N–H and O–H groups in total. The van der Waals surface area contributed by atoms with Crippen molar-refractivity contribution in [2.24, 2.45) is 11.8 Å². The Hall–Kier alpha value is -2.10. The van der Waals surface area contributed by atoms with Crippen molar-refractivity contribution in [1.29, 1.82) is 0 Å². The topological polar surface area (TPSA) is 48.3 Å². The third kappa shape index (κ3) is 3.56. The number of rotatable bonds is 5. The van der Waals surface area contributed by atoms with E-state index in [4.69, 9.17) is 4.74 Å². The smallest absolute Gasteiger partial charge is 0.339 e. The van der Waals surface area contributed by atoms with Crippen molar-refractivity contribution < 1.29 is 9.53 Å². The van der Waals surface area contributed by atoms with Crippen LogP contribution in [-0.2, 0) is 11.3 Å². The SMILES string of the molecule is CC(C)COC(=O)c1cc(=O)n(CC(C)C)c2ccccc12. The molecule has 0 saturated heterocycles. The van der Waals surface area contributed by atoms with Gasteiger partial charge >= 0.3 is 5.97 Å². The van der Waals surface area contributed by atoms with Crippen LogP contribution >= 0.6 is 0 Å². The quantitative estimate of drug-likeness (QED) is 0.794. The van der Waals surface area contributed by atoms with Crippen molar-refractivity contribution in [3.63, 3.8) is 0 Å². The first-order chi connectivity index (χ1) is 10.4. The van der Waals surface area contributed by atoms with Crippen LogP contribution in [0.25, 0.3) is 10.9 Å². The lowest BCUT2D eigenvalue weighted by molar-refractivity contribution is 0.0461. The molecule has 4 heteroatoms. The van der Waals surface area contributed by atoms with Gasteiger partial charge in [0.25, 0.3) is 5.56 Å². The van der Waals surface area contributed by atoms with Gasteiger partial charge < -0.3 is 9.30 Å². The van der Waals surface area contributed by atoms with Crippen molar-refractivity contribution >= 4 is 16.9 Å². The number of benzene rings is 1. The average Bonchev–Trinajstić information content (AvgIpc) is 2.47. The number of pyridine rings is 1. The molecule has 0 saturated carbocycles. The molecule has 0 radical (unpaired) electrons. The normalized spacial score (nSPS) is 11.4. The second kappa shape index (κ2) is 6.77. The number of hydrogen-bond donors (Lipinski definition) is 0. The van der Waals surface area contributed by atoms with Gasteiger partial charge in [-0.25, -0.2) is 4.79 Å². The van der Waals surface area contributed by atoms with Gasteiger partial charge in [-0.3, -0.25) is 4.79 Å². The van der Waals surface area contributed by atoms with Crippen LogP contribution in [0.3, 0.4) is 0 Å². The van der Waals surface area contributed by atoms with Crippen LogP contribution in [0.15, 0.2) is 35.1 Å². The molecule has 0 unspecified atom stereocenters. The molecular weight excluding hydrogens is 278 g/mol. The Morgan fingerprint density at radius 2 is 1.82 bits per heavy atom. The molecule has 0 fully saturated rings. The standard InChI is InChI=1S/C18H23NO3/c1-12(2)10-19-16-8-6-5-7-14(16)15(9-17(19)20)18(21)22-11-13(3)4/h5-9,12-13H,10-11H2,1-4H3. The maximum atomic E-state index is 12.4. The summed E-state index contributed by atoms with van der Waals surface area (Å²) in [6.45, 7) is 9.05. The van der Waals surface area contributed by atoms with E-state index in [1.165, 1.54) is 6.07 Å². The molecular formula is C18H23NO3. The van der Waals surface area contributed by atoms with Gasteiger partial charge in [0, 0.05) is 18.0 Å². The van der Waals surface area contributed by atoms with Crippen molar-refractivity contribution in [3.8, 4) is 0 Å². The predicted molar refractivity (Wildman–Crippen MR) is 88.2 cm³/mol. The number of carbonyl (C=O) groups excluding carboxylic acids is 1. The maximum Gasteiger partial charge on any atom is 0.339 e. The molecule has 4 nitrogen and oxygen atoms in total. The third-order valence-electron chi connectivity index (χ3n) is 3.33. The van der Waals surface area contributed by atoms with E-state index >= 15 is 0 Å². The molecule has 1 heterocycles. The number of carbonyl (C=O) groups is 1. The van der Waals surface area contributed by atoms with Crippen molar-refractivity contribution in [3.05, 3.63) is 46.2 Å². The Bertz CT molecular complexity index is 729. The summed E-state index contributed by atoms with van der Waals surface area (Å²) in [6.07, 6.45) is 0. The van der Waals surface area contributed by atoms with Gasteiger partial charge in [0.15, 0.2) is 0 Å².